The Morgan fingerprint density at radius 2 is 1.85 bits per heavy atom. The Hall–Kier alpha value is -0.510. The van der Waals surface area contributed by atoms with Crippen LogP contribution in [-0.4, -0.2) is 10.4 Å². The molecule has 0 bridgehead atoms. The zero-order valence-electron chi connectivity index (χ0n) is 6.06. The third kappa shape index (κ3) is 2.24. The fourth-order valence-corrected chi connectivity index (χ4v) is 1.19. The fraction of sp³-hybridized carbons (Fsp3) is 0. The average molecular weight is 242 g/mol. The average Bonchev–Trinajstić information content (AvgIpc) is 2.10. The summed E-state index contributed by atoms with van der Waals surface area (Å²) in [7, 11) is 0. The summed E-state index contributed by atoms with van der Waals surface area (Å²) < 4.78 is 13.0. The van der Waals surface area contributed by atoms with Crippen LogP contribution in [0.3, 0.4) is 0 Å². The molecule has 0 aliphatic heterocycles. The van der Waals surface area contributed by atoms with Crippen molar-refractivity contribution < 1.29 is 9.60 Å². The monoisotopic (exact) mass is 241 g/mol. The predicted molar refractivity (Wildman–Crippen MR) is 50.6 cm³/mol. The molecule has 1 aromatic rings. The number of benzene rings is 1. The molecule has 70 valence electrons. The summed E-state index contributed by atoms with van der Waals surface area (Å²) in [5.74, 6) is -0.697. The molecule has 0 saturated heterocycles. The summed E-state index contributed by atoms with van der Waals surface area (Å²) in [6, 6.07) is 2.17. The smallest absolute Gasteiger partial charge is 0.178 e. The second-order valence-electron chi connectivity index (χ2n) is 2.14. The Morgan fingerprint density at radius 1 is 1.31 bits per heavy atom. The summed E-state index contributed by atoms with van der Waals surface area (Å²) in [5.41, 5.74) is -0.0985. The Labute approximate surface area is 88.5 Å². The van der Waals surface area contributed by atoms with Crippen LogP contribution in [0.25, 0.3) is 0 Å². The summed E-state index contributed by atoms with van der Waals surface area (Å²) in [6.07, 6.45) is 0. The van der Waals surface area contributed by atoms with Gasteiger partial charge in [0.25, 0.3) is 0 Å². The third-order valence-corrected chi connectivity index (χ3v) is 2.32. The highest BCUT2D eigenvalue weighted by Gasteiger charge is 2.11. The summed E-state index contributed by atoms with van der Waals surface area (Å²) in [6.45, 7) is 0. The highest BCUT2D eigenvalue weighted by molar-refractivity contribution is 6.69. The van der Waals surface area contributed by atoms with E-state index in [1.54, 1.807) is 0 Å². The number of halogens is 4. The molecule has 0 aromatic heterocycles. The van der Waals surface area contributed by atoms with Gasteiger partial charge in [-0.05, 0) is 12.1 Å². The van der Waals surface area contributed by atoms with Crippen molar-refractivity contribution in [2.24, 2.45) is 5.16 Å². The predicted octanol–water partition coefficient (Wildman–Crippen LogP) is 3.51. The second kappa shape index (κ2) is 4.13. The molecule has 6 heteroatoms. The number of nitrogens with zero attached hydrogens (tertiary/aromatic N) is 1. The van der Waals surface area contributed by atoms with Gasteiger partial charge in [0.1, 0.15) is 5.82 Å². The van der Waals surface area contributed by atoms with Crippen LogP contribution >= 0.6 is 34.8 Å². The minimum atomic E-state index is -0.697. The van der Waals surface area contributed by atoms with Crippen LogP contribution in [0.2, 0.25) is 10.0 Å². The molecule has 0 aliphatic carbocycles. The Kier molecular flexibility index (Phi) is 3.36. The fourth-order valence-electron chi connectivity index (χ4n) is 0.735. The molecular weight excluding hydrogens is 239 g/mol. The van der Waals surface area contributed by atoms with E-state index in [1.165, 1.54) is 6.07 Å². The van der Waals surface area contributed by atoms with E-state index in [9.17, 15) is 4.39 Å². The largest absolute Gasteiger partial charge is 0.410 e. The molecule has 0 radical (unpaired) electrons. The molecule has 0 amide bonds. The van der Waals surface area contributed by atoms with Crippen molar-refractivity contribution in [2.45, 2.75) is 0 Å². The van der Waals surface area contributed by atoms with E-state index in [0.717, 1.165) is 6.07 Å². The minimum Gasteiger partial charge on any atom is -0.410 e. The van der Waals surface area contributed by atoms with Gasteiger partial charge in [-0.3, -0.25) is 0 Å². The number of hydrogen-bond acceptors (Lipinski definition) is 2. The quantitative estimate of drug-likeness (QED) is 0.348. The lowest BCUT2D eigenvalue weighted by Gasteiger charge is -2.01. The number of oxime groups is 1. The molecule has 0 atom stereocenters. The van der Waals surface area contributed by atoms with Gasteiger partial charge in [0.15, 0.2) is 5.17 Å². The van der Waals surface area contributed by atoms with Gasteiger partial charge >= 0.3 is 0 Å². The van der Waals surface area contributed by atoms with E-state index >= 15 is 0 Å². The Balaban J connectivity index is 3.32. The Morgan fingerprint density at radius 3 is 2.38 bits per heavy atom. The normalized spacial score (nSPS) is 11.8. The molecule has 1 N–H and O–H groups in total. The lowest BCUT2D eigenvalue weighted by atomic mass is 10.2. The van der Waals surface area contributed by atoms with E-state index in [4.69, 9.17) is 40.0 Å². The molecule has 2 nitrogen and oxygen atoms in total. The van der Waals surface area contributed by atoms with Crippen molar-refractivity contribution in [3.63, 3.8) is 0 Å². The van der Waals surface area contributed by atoms with Crippen LogP contribution in [0.5, 0.6) is 0 Å². The first-order valence-corrected chi connectivity index (χ1v) is 4.22. The molecule has 0 heterocycles. The lowest BCUT2D eigenvalue weighted by molar-refractivity contribution is 0.320. The molecule has 1 rings (SSSR count). The first-order chi connectivity index (χ1) is 6.06. The van der Waals surface area contributed by atoms with Gasteiger partial charge in [-0.1, -0.05) is 40.0 Å². The van der Waals surface area contributed by atoms with Crippen LogP contribution in [0.15, 0.2) is 17.3 Å². The highest BCUT2D eigenvalue weighted by atomic mass is 35.5. The summed E-state index contributed by atoms with van der Waals surface area (Å²) >= 11 is 16.5. The molecule has 0 saturated carbocycles. The van der Waals surface area contributed by atoms with Crippen molar-refractivity contribution in [1.29, 1.82) is 0 Å². The van der Waals surface area contributed by atoms with Gasteiger partial charge < -0.3 is 5.21 Å². The van der Waals surface area contributed by atoms with Gasteiger partial charge in [0.05, 0.1) is 15.6 Å². The van der Waals surface area contributed by atoms with Crippen molar-refractivity contribution >= 4 is 40.0 Å². The first-order valence-electron chi connectivity index (χ1n) is 3.08. The Bertz CT molecular complexity index is 367. The van der Waals surface area contributed by atoms with E-state index in [0.29, 0.717) is 0 Å². The van der Waals surface area contributed by atoms with Crippen LogP contribution in [0.1, 0.15) is 5.56 Å². The highest BCUT2D eigenvalue weighted by Crippen LogP contribution is 2.26. The standard InChI is InChI=1S/C7H3Cl3FNO/c8-4-1-3(7(10)12-13)6(11)2-5(4)9/h1-2,13H/b12-7+. The van der Waals surface area contributed by atoms with Gasteiger partial charge in [-0.2, -0.15) is 0 Å². The molecule has 0 aliphatic rings. The molecule has 0 unspecified atom stereocenters. The zero-order chi connectivity index (χ0) is 10.0. The summed E-state index contributed by atoms with van der Waals surface area (Å²) in [5, 5.41) is 10.8. The van der Waals surface area contributed by atoms with Crippen LogP contribution in [-0.2, 0) is 0 Å². The van der Waals surface area contributed by atoms with Crippen LogP contribution in [0, 0.1) is 5.82 Å². The van der Waals surface area contributed by atoms with Crippen LogP contribution in [0.4, 0.5) is 4.39 Å². The first kappa shape index (κ1) is 10.6. The SMILES string of the molecule is O/N=C(/Cl)c1cc(Cl)c(Cl)cc1F. The third-order valence-electron chi connectivity index (χ3n) is 1.32. The van der Waals surface area contributed by atoms with Crippen molar-refractivity contribution in [2.75, 3.05) is 0 Å². The topological polar surface area (TPSA) is 32.6 Å². The van der Waals surface area contributed by atoms with Crippen molar-refractivity contribution in [1.82, 2.24) is 0 Å². The van der Waals surface area contributed by atoms with Gasteiger partial charge in [-0.25, -0.2) is 4.39 Å². The van der Waals surface area contributed by atoms with Crippen molar-refractivity contribution in [3.8, 4) is 0 Å². The number of rotatable bonds is 1. The molecule has 13 heavy (non-hydrogen) atoms. The van der Waals surface area contributed by atoms with Gasteiger partial charge in [0.2, 0.25) is 0 Å². The van der Waals surface area contributed by atoms with Crippen molar-refractivity contribution in [3.05, 3.63) is 33.6 Å². The van der Waals surface area contributed by atoms with E-state index in [2.05, 4.69) is 5.16 Å². The van der Waals surface area contributed by atoms with E-state index < -0.39 is 5.82 Å². The molecular formula is C7H3Cl3FNO. The van der Waals surface area contributed by atoms with E-state index in [-0.39, 0.29) is 20.8 Å². The van der Waals surface area contributed by atoms with Gasteiger partial charge in [0, 0.05) is 0 Å². The maximum absolute atomic E-state index is 13.0. The van der Waals surface area contributed by atoms with E-state index in [1.807, 2.05) is 0 Å². The zero-order valence-corrected chi connectivity index (χ0v) is 8.33. The molecule has 1 aromatic carbocycles. The van der Waals surface area contributed by atoms with Crippen LogP contribution < -0.4 is 0 Å². The molecule has 0 spiro atoms. The maximum Gasteiger partial charge on any atom is 0.178 e. The van der Waals surface area contributed by atoms with Gasteiger partial charge in [-0.15, -0.1) is 0 Å². The molecule has 0 fully saturated rings. The summed E-state index contributed by atoms with van der Waals surface area (Å²) in [4.78, 5) is 0. The minimum absolute atomic E-state index is 0.0744. The number of hydrogen-bond donors (Lipinski definition) is 1. The maximum atomic E-state index is 13.0. The second-order valence-corrected chi connectivity index (χ2v) is 3.31. The lowest BCUT2D eigenvalue weighted by Crippen LogP contribution is -1.96.